The summed E-state index contributed by atoms with van der Waals surface area (Å²) < 4.78 is 2.02. The van der Waals surface area contributed by atoms with Crippen molar-refractivity contribution in [2.75, 3.05) is 6.54 Å². The maximum atomic E-state index is 10.3. The minimum absolute atomic E-state index is 0.0262. The second-order valence-corrected chi connectivity index (χ2v) is 6.45. The standard InChI is InChI=1S/C15H23N3OS/c1-4-7-15(2,19)11-17-13(12-6-5-10-20-12)14-16-8-9-18(14)3/h5-6,8-10,13,17,19H,4,7,11H2,1-3H3. The normalized spacial score (nSPS) is 16.0. The van der Waals surface area contributed by atoms with Gasteiger partial charge >= 0.3 is 0 Å². The molecule has 110 valence electrons. The molecule has 5 heteroatoms. The number of hydrogen-bond donors (Lipinski definition) is 2. The fourth-order valence-electron chi connectivity index (χ4n) is 2.38. The summed E-state index contributed by atoms with van der Waals surface area (Å²) in [4.78, 5) is 5.66. The summed E-state index contributed by atoms with van der Waals surface area (Å²) in [6.07, 6.45) is 5.52. The number of imidazole rings is 1. The second kappa shape index (κ2) is 6.52. The molecule has 0 spiro atoms. The van der Waals surface area contributed by atoms with Crippen molar-refractivity contribution >= 4 is 11.3 Å². The van der Waals surface area contributed by atoms with E-state index in [1.165, 1.54) is 4.88 Å². The van der Waals surface area contributed by atoms with E-state index < -0.39 is 5.60 Å². The zero-order valence-electron chi connectivity index (χ0n) is 12.3. The molecule has 0 aliphatic carbocycles. The number of aliphatic hydroxyl groups is 1. The van der Waals surface area contributed by atoms with E-state index in [0.29, 0.717) is 6.54 Å². The molecule has 20 heavy (non-hydrogen) atoms. The fourth-order valence-corrected chi connectivity index (χ4v) is 3.18. The Morgan fingerprint density at radius 3 is 2.90 bits per heavy atom. The van der Waals surface area contributed by atoms with E-state index in [4.69, 9.17) is 0 Å². The maximum Gasteiger partial charge on any atom is 0.131 e. The Morgan fingerprint density at radius 1 is 1.55 bits per heavy atom. The minimum Gasteiger partial charge on any atom is -0.389 e. The van der Waals surface area contributed by atoms with Gasteiger partial charge in [0.15, 0.2) is 0 Å². The Balaban J connectivity index is 2.15. The van der Waals surface area contributed by atoms with Gasteiger partial charge in [-0.25, -0.2) is 4.98 Å². The van der Waals surface area contributed by atoms with Crippen molar-refractivity contribution < 1.29 is 5.11 Å². The summed E-state index contributed by atoms with van der Waals surface area (Å²) in [6.45, 7) is 4.52. The predicted molar refractivity (Wildman–Crippen MR) is 82.9 cm³/mol. The van der Waals surface area contributed by atoms with E-state index in [0.717, 1.165) is 18.7 Å². The lowest BCUT2D eigenvalue weighted by Gasteiger charge is -2.26. The highest BCUT2D eigenvalue weighted by Gasteiger charge is 2.24. The van der Waals surface area contributed by atoms with Gasteiger partial charge < -0.3 is 15.0 Å². The van der Waals surface area contributed by atoms with E-state index in [1.807, 2.05) is 37.0 Å². The molecule has 0 aliphatic heterocycles. The van der Waals surface area contributed by atoms with E-state index in [2.05, 4.69) is 28.7 Å². The van der Waals surface area contributed by atoms with E-state index in [-0.39, 0.29) is 6.04 Å². The summed E-state index contributed by atoms with van der Waals surface area (Å²) in [5.74, 6) is 0.972. The molecule has 0 aromatic carbocycles. The summed E-state index contributed by atoms with van der Waals surface area (Å²) in [5, 5.41) is 15.9. The topological polar surface area (TPSA) is 50.1 Å². The number of aromatic nitrogens is 2. The molecule has 0 radical (unpaired) electrons. The molecule has 0 bridgehead atoms. The van der Waals surface area contributed by atoms with E-state index in [1.54, 1.807) is 11.3 Å². The third kappa shape index (κ3) is 3.69. The van der Waals surface area contributed by atoms with Crippen LogP contribution in [-0.4, -0.2) is 26.8 Å². The van der Waals surface area contributed by atoms with Crippen LogP contribution < -0.4 is 5.32 Å². The van der Waals surface area contributed by atoms with Gasteiger partial charge in [0, 0.05) is 30.9 Å². The van der Waals surface area contributed by atoms with Crippen molar-refractivity contribution in [2.45, 2.75) is 38.3 Å². The largest absolute Gasteiger partial charge is 0.389 e. The van der Waals surface area contributed by atoms with Gasteiger partial charge in [-0.3, -0.25) is 0 Å². The van der Waals surface area contributed by atoms with E-state index in [9.17, 15) is 5.11 Å². The highest BCUT2D eigenvalue weighted by Crippen LogP contribution is 2.25. The van der Waals surface area contributed by atoms with Crippen molar-refractivity contribution in [3.8, 4) is 0 Å². The first-order valence-corrected chi connectivity index (χ1v) is 7.88. The predicted octanol–water partition coefficient (Wildman–Crippen LogP) is 2.71. The maximum absolute atomic E-state index is 10.3. The van der Waals surface area contributed by atoms with Crippen molar-refractivity contribution in [1.29, 1.82) is 0 Å². The number of aryl methyl sites for hydroxylation is 1. The molecule has 2 atom stereocenters. The zero-order valence-corrected chi connectivity index (χ0v) is 13.2. The summed E-state index contributed by atoms with van der Waals surface area (Å²) >= 11 is 1.70. The molecule has 0 saturated carbocycles. The Morgan fingerprint density at radius 2 is 2.35 bits per heavy atom. The molecule has 2 unspecified atom stereocenters. The first-order valence-electron chi connectivity index (χ1n) is 7.00. The van der Waals surface area contributed by atoms with Crippen LogP contribution in [0.1, 0.15) is 43.4 Å². The molecule has 0 amide bonds. The first-order chi connectivity index (χ1) is 9.53. The highest BCUT2D eigenvalue weighted by molar-refractivity contribution is 7.10. The Bertz CT molecular complexity index is 519. The second-order valence-electron chi connectivity index (χ2n) is 5.47. The smallest absolute Gasteiger partial charge is 0.131 e. The lowest BCUT2D eigenvalue weighted by Crippen LogP contribution is -2.40. The van der Waals surface area contributed by atoms with Crippen LogP contribution in [0.25, 0.3) is 0 Å². The van der Waals surface area contributed by atoms with Crippen LogP contribution in [0.3, 0.4) is 0 Å². The van der Waals surface area contributed by atoms with Crippen LogP contribution >= 0.6 is 11.3 Å². The number of nitrogens with zero attached hydrogens (tertiary/aromatic N) is 2. The van der Waals surface area contributed by atoms with Crippen molar-refractivity contribution in [3.05, 3.63) is 40.6 Å². The molecule has 2 rings (SSSR count). The third-order valence-electron chi connectivity index (χ3n) is 3.42. The van der Waals surface area contributed by atoms with Gasteiger partial charge in [-0.05, 0) is 24.8 Å². The van der Waals surface area contributed by atoms with Crippen LogP contribution in [0.4, 0.5) is 0 Å². The SMILES string of the molecule is CCCC(C)(O)CNC(c1cccs1)c1nccn1C. The molecule has 0 fully saturated rings. The number of thiophene rings is 1. The lowest BCUT2D eigenvalue weighted by molar-refractivity contribution is 0.0481. The number of rotatable bonds is 7. The summed E-state index contributed by atoms with van der Waals surface area (Å²) in [6, 6.07) is 4.17. The van der Waals surface area contributed by atoms with Gasteiger partial charge in [-0.1, -0.05) is 19.4 Å². The van der Waals surface area contributed by atoms with E-state index >= 15 is 0 Å². The fraction of sp³-hybridized carbons (Fsp3) is 0.533. The van der Waals surface area contributed by atoms with Crippen molar-refractivity contribution in [3.63, 3.8) is 0 Å². The average Bonchev–Trinajstić information content (AvgIpc) is 3.02. The van der Waals surface area contributed by atoms with Gasteiger partial charge in [0.1, 0.15) is 11.9 Å². The number of nitrogens with one attached hydrogen (secondary N) is 1. The molecule has 4 nitrogen and oxygen atoms in total. The third-order valence-corrected chi connectivity index (χ3v) is 4.36. The highest BCUT2D eigenvalue weighted by atomic mass is 32.1. The molecule has 2 heterocycles. The van der Waals surface area contributed by atoms with Crippen LogP contribution in [0.15, 0.2) is 29.9 Å². The molecule has 2 aromatic rings. The summed E-state index contributed by atoms with van der Waals surface area (Å²) in [7, 11) is 1.99. The van der Waals surface area contributed by atoms with Gasteiger partial charge in [-0.15, -0.1) is 11.3 Å². The van der Waals surface area contributed by atoms with Crippen LogP contribution in [0.2, 0.25) is 0 Å². The van der Waals surface area contributed by atoms with Crippen molar-refractivity contribution in [2.24, 2.45) is 7.05 Å². The quantitative estimate of drug-likeness (QED) is 0.825. The zero-order chi connectivity index (χ0) is 14.6. The Hall–Kier alpha value is -1.17. The number of hydrogen-bond acceptors (Lipinski definition) is 4. The molecular weight excluding hydrogens is 270 g/mol. The van der Waals surface area contributed by atoms with Crippen molar-refractivity contribution in [1.82, 2.24) is 14.9 Å². The molecule has 2 aromatic heterocycles. The lowest BCUT2D eigenvalue weighted by atomic mass is 10.0. The van der Waals surface area contributed by atoms with Crippen LogP contribution in [0, 0.1) is 0 Å². The minimum atomic E-state index is -0.685. The Kier molecular flexibility index (Phi) is 4.96. The molecule has 2 N–H and O–H groups in total. The van der Waals surface area contributed by atoms with Gasteiger partial charge in [-0.2, -0.15) is 0 Å². The summed E-state index contributed by atoms with van der Waals surface area (Å²) in [5.41, 5.74) is -0.685. The average molecular weight is 293 g/mol. The Labute approximate surface area is 124 Å². The van der Waals surface area contributed by atoms with Gasteiger partial charge in [0.2, 0.25) is 0 Å². The monoisotopic (exact) mass is 293 g/mol. The van der Waals surface area contributed by atoms with Gasteiger partial charge in [0.05, 0.1) is 5.60 Å². The van der Waals surface area contributed by atoms with Crippen LogP contribution in [-0.2, 0) is 7.05 Å². The van der Waals surface area contributed by atoms with Gasteiger partial charge in [0.25, 0.3) is 0 Å². The molecular formula is C15H23N3OS. The van der Waals surface area contributed by atoms with Crippen LogP contribution in [0.5, 0.6) is 0 Å². The molecule has 0 saturated heterocycles. The first kappa shape index (κ1) is 15.2. The molecule has 0 aliphatic rings.